The van der Waals surface area contributed by atoms with Crippen LogP contribution in [0.4, 0.5) is 13.2 Å². The second-order valence-corrected chi connectivity index (χ2v) is 5.50. The van der Waals surface area contributed by atoms with Crippen LogP contribution in [0, 0.1) is 6.92 Å². The van der Waals surface area contributed by atoms with Crippen molar-refractivity contribution < 1.29 is 22.7 Å². The first-order valence-electron chi connectivity index (χ1n) is 7.05. The molecule has 0 radical (unpaired) electrons. The number of halogens is 3. The summed E-state index contributed by atoms with van der Waals surface area (Å²) in [4.78, 5) is 19.5. The number of nitrogens with zero attached hydrogens (tertiary/aromatic N) is 2. The van der Waals surface area contributed by atoms with Gasteiger partial charge in [-0.3, -0.25) is 4.79 Å². The van der Waals surface area contributed by atoms with Crippen molar-refractivity contribution in [2.24, 2.45) is 0 Å². The lowest BCUT2D eigenvalue weighted by Crippen LogP contribution is -2.44. The molecule has 5 nitrogen and oxygen atoms in total. The quantitative estimate of drug-likeness (QED) is 0.923. The van der Waals surface area contributed by atoms with Crippen LogP contribution >= 0.6 is 0 Å². The molecule has 2 heterocycles. The molecule has 1 aromatic rings. The van der Waals surface area contributed by atoms with Crippen LogP contribution in [0.2, 0.25) is 0 Å². The summed E-state index contributed by atoms with van der Waals surface area (Å²) in [5.41, 5.74) is -1.56. The van der Waals surface area contributed by atoms with Gasteiger partial charge in [0.15, 0.2) is 0 Å². The second kappa shape index (κ2) is 6.20. The molecular weight excluding hydrogens is 299 g/mol. The molecule has 0 unspecified atom stereocenters. The molecule has 0 aromatic carbocycles. The largest absolute Gasteiger partial charge is 0.433 e. The highest BCUT2D eigenvalue weighted by atomic mass is 19.4. The van der Waals surface area contributed by atoms with Gasteiger partial charge in [-0.05, 0) is 32.8 Å². The topological polar surface area (TPSA) is 64.1 Å². The van der Waals surface area contributed by atoms with Gasteiger partial charge in [0.2, 0.25) is 0 Å². The number of ether oxygens (including phenoxy) is 1. The van der Waals surface area contributed by atoms with E-state index in [-0.39, 0.29) is 30.4 Å². The van der Waals surface area contributed by atoms with Gasteiger partial charge in [0.25, 0.3) is 5.91 Å². The Hall–Kier alpha value is -1.70. The van der Waals surface area contributed by atoms with Crippen molar-refractivity contribution in [1.29, 1.82) is 0 Å². The first-order chi connectivity index (χ1) is 10.2. The van der Waals surface area contributed by atoms with E-state index in [4.69, 9.17) is 4.74 Å². The standard InChI is InChI=1S/C14H18F3N3O2/c1-9-8-10(14(15,16)17)20-11(19-9)4-6-18-12(21)13(2)5-3-7-22-13/h8H,3-7H2,1-2H3,(H,18,21)/t13-/m1/s1. The van der Waals surface area contributed by atoms with Gasteiger partial charge in [-0.25, -0.2) is 9.97 Å². The van der Waals surface area contributed by atoms with E-state index in [0.29, 0.717) is 13.0 Å². The first kappa shape index (κ1) is 16.7. The SMILES string of the molecule is Cc1cc(C(F)(F)F)nc(CCNC(=O)[C@@]2(C)CCCO2)n1. The Morgan fingerprint density at radius 1 is 1.45 bits per heavy atom. The Morgan fingerprint density at radius 3 is 2.77 bits per heavy atom. The minimum atomic E-state index is -4.50. The zero-order valence-corrected chi connectivity index (χ0v) is 12.5. The van der Waals surface area contributed by atoms with Crippen LogP contribution in [0.5, 0.6) is 0 Å². The molecule has 1 aromatic heterocycles. The van der Waals surface area contributed by atoms with Crippen molar-refractivity contribution in [3.63, 3.8) is 0 Å². The van der Waals surface area contributed by atoms with E-state index in [2.05, 4.69) is 15.3 Å². The fourth-order valence-corrected chi connectivity index (χ4v) is 2.32. The van der Waals surface area contributed by atoms with Crippen LogP contribution in [-0.4, -0.2) is 34.6 Å². The first-order valence-corrected chi connectivity index (χ1v) is 7.05. The summed E-state index contributed by atoms with van der Waals surface area (Å²) in [5, 5.41) is 2.67. The number of nitrogens with one attached hydrogen (secondary N) is 1. The monoisotopic (exact) mass is 317 g/mol. The van der Waals surface area contributed by atoms with E-state index in [0.717, 1.165) is 12.5 Å². The van der Waals surface area contributed by atoms with Gasteiger partial charge >= 0.3 is 6.18 Å². The highest BCUT2D eigenvalue weighted by Crippen LogP contribution is 2.28. The number of alkyl halides is 3. The zero-order chi connectivity index (χ0) is 16.4. The molecular formula is C14H18F3N3O2. The lowest BCUT2D eigenvalue weighted by Gasteiger charge is -2.21. The van der Waals surface area contributed by atoms with Gasteiger partial charge in [-0.2, -0.15) is 13.2 Å². The molecule has 0 saturated carbocycles. The maximum Gasteiger partial charge on any atom is 0.433 e. The third kappa shape index (κ3) is 3.94. The van der Waals surface area contributed by atoms with E-state index in [9.17, 15) is 18.0 Å². The average Bonchev–Trinajstić information content (AvgIpc) is 2.85. The van der Waals surface area contributed by atoms with Crippen molar-refractivity contribution in [3.8, 4) is 0 Å². The summed E-state index contributed by atoms with van der Waals surface area (Å²) in [6.45, 7) is 3.89. The molecule has 0 aliphatic carbocycles. The number of hydrogen-bond acceptors (Lipinski definition) is 4. The maximum atomic E-state index is 12.7. The lowest BCUT2D eigenvalue weighted by atomic mass is 10.0. The highest BCUT2D eigenvalue weighted by molar-refractivity contribution is 5.84. The lowest BCUT2D eigenvalue weighted by molar-refractivity contribution is -0.141. The summed E-state index contributed by atoms with van der Waals surface area (Å²) in [6, 6.07) is 0.898. The van der Waals surface area contributed by atoms with E-state index in [1.165, 1.54) is 6.92 Å². The predicted molar refractivity (Wildman–Crippen MR) is 72.1 cm³/mol. The molecule has 1 fully saturated rings. The number of rotatable bonds is 4. The smallest absolute Gasteiger partial charge is 0.365 e. The van der Waals surface area contributed by atoms with Crippen LogP contribution in [0.25, 0.3) is 0 Å². The van der Waals surface area contributed by atoms with E-state index < -0.39 is 17.5 Å². The van der Waals surface area contributed by atoms with Gasteiger partial charge in [0.05, 0.1) is 0 Å². The van der Waals surface area contributed by atoms with E-state index in [1.807, 2.05) is 0 Å². The van der Waals surface area contributed by atoms with Gasteiger partial charge in [0, 0.05) is 25.3 Å². The number of amides is 1. The fourth-order valence-electron chi connectivity index (χ4n) is 2.32. The second-order valence-electron chi connectivity index (χ2n) is 5.50. The normalized spacial score (nSPS) is 21.9. The number of carbonyl (C=O) groups excluding carboxylic acids is 1. The highest BCUT2D eigenvalue weighted by Gasteiger charge is 2.37. The Bertz CT molecular complexity index is 555. The summed E-state index contributed by atoms with van der Waals surface area (Å²) >= 11 is 0. The summed E-state index contributed by atoms with van der Waals surface area (Å²) < 4.78 is 43.4. The average molecular weight is 317 g/mol. The Kier molecular flexibility index (Phi) is 4.69. The number of carbonyl (C=O) groups is 1. The molecule has 1 saturated heterocycles. The molecule has 1 atom stereocenters. The Morgan fingerprint density at radius 2 is 2.18 bits per heavy atom. The van der Waals surface area contributed by atoms with Gasteiger partial charge in [0.1, 0.15) is 17.1 Å². The van der Waals surface area contributed by atoms with Crippen molar-refractivity contribution in [1.82, 2.24) is 15.3 Å². The van der Waals surface area contributed by atoms with Crippen LogP contribution in [0.1, 0.15) is 37.0 Å². The van der Waals surface area contributed by atoms with Crippen LogP contribution in [0.3, 0.4) is 0 Å². The molecule has 0 spiro atoms. The van der Waals surface area contributed by atoms with Crippen molar-refractivity contribution in [2.75, 3.05) is 13.2 Å². The van der Waals surface area contributed by atoms with Crippen LogP contribution in [0.15, 0.2) is 6.07 Å². The molecule has 1 N–H and O–H groups in total. The third-order valence-corrected chi connectivity index (χ3v) is 3.52. The van der Waals surface area contributed by atoms with Gasteiger partial charge < -0.3 is 10.1 Å². The molecule has 8 heteroatoms. The molecule has 1 aliphatic rings. The zero-order valence-electron chi connectivity index (χ0n) is 12.5. The molecule has 122 valence electrons. The molecule has 22 heavy (non-hydrogen) atoms. The molecule has 1 aliphatic heterocycles. The van der Waals surface area contributed by atoms with Crippen molar-refractivity contribution in [3.05, 3.63) is 23.3 Å². The van der Waals surface area contributed by atoms with Crippen LogP contribution < -0.4 is 5.32 Å². The van der Waals surface area contributed by atoms with Gasteiger partial charge in [-0.15, -0.1) is 0 Å². The summed E-state index contributed by atoms with van der Waals surface area (Å²) in [5.74, 6) is -0.196. The Labute approximate surface area is 126 Å². The summed E-state index contributed by atoms with van der Waals surface area (Å²) in [7, 11) is 0. The summed E-state index contributed by atoms with van der Waals surface area (Å²) in [6.07, 6.45) is -2.92. The third-order valence-electron chi connectivity index (χ3n) is 3.52. The number of aryl methyl sites for hydroxylation is 1. The fraction of sp³-hybridized carbons (Fsp3) is 0.643. The Balaban J connectivity index is 1.94. The van der Waals surface area contributed by atoms with Crippen molar-refractivity contribution >= 4 is 5.91 Å². The molecule has 2 rings (SSSR count). The molecule has 1 amide bonds. The predicted octanol–water partition coefficient (Wildman–Crippen LogP) is 2.03. The minimum Gasteiger partial charge on any atom is -0.365 e. The van der Waals surface area contributed by atoms with E-state index >= 15 is 0 Å². The molecule has 0 bridgehead atoms. The number of aromatic nitrogens is 2. The van der Waals surface area contributed by atoms with Gasteiger partial charge in [-0.1, -0.05) is 0 Å². The van der Waals surface area contributed by atoms with Crippen LogP contribution in [-0.2, 0) is 22.1 Å². The maximum absolute atomic E-state index is 12.7. The minimum absolute atomic E-state index is 0.0603. The van der Waals surface area contributed by atoms with E-state index in [1.54, 1.807) is 6.92 Å². The van der Waals surface area contributed by atoms with Crippen molar-refractivity contribution in [2.45, 2.75) is 44.9 Å². The number of hydrogen-bond donors (Lipinski definition) is 1.